The van der Waals surface area contributed by atoms with Crippen LogP contribution in [0.4, 0.5) is 0 Å². The molecule has 1 heterocycles. The molecule has 0 radical (unpaired) electrons. The molecule has 1 aliphatic carbocycles. The number of thiophene rings is 1. The summed E-state index contributed by atoms with van der Waals surface area (Å²) in [5.41, 5.74) is 1.47. The average Bonchev–Trinajstić information content (AvgIpc) is 2.55. The predicted molar refractivity (Wildman–Crippen MR) is 72.3 cm³/mol. The summed E-state index contributed by atoms with van der Waals surface area (Å²) in [7, 11) is 0. The molecule has 1 saturated carbocycles. The summed E-state index contributed by atoms with van der Waals surface area (Å²) < 4.78 is 0. The maximum Gasteiger partial charge on any atom is 0.00870 e. The van der Waals surface area contributed by atoms with Crippen LogP contribution >= 0.6 is 11.3 Å². The van der Waals surface area contributed by atoms with Gasteiger partial charge in [-0.3, -0.25) is 0 Å². The molecular formula is C14H23NS. The molecule has 2 heteroatoms. The second-order valence-electron chi connectivity index (χ2n) is 4.92. The van der Waals surface area contributed by atoms with E-state index in [1.54, 1.807) is 4.88 Å². The van der Waals surface area contributed by atoms with E-state index in [9.17, 15) is 0 Å². The Bertz CT molecular complexity index is 297. The Morgan fingerprint density at radius 1 is 1.25 bits per heavy atom. The summed E-state index contributed by atoms with van der Waals surface area (Å²) in [6.45, 7) is 3.38. The lowest BCUT2D eigenvalue weighted by atomic mass is 10.1. The molecule has 1 nitrogen and oxygen atoms in total. The van der Waals surface area contributed by atoms with Crippen molar-refractivity contribution < 1.29 is 0 Å². The monoisotopic (exact) mass is 237 g/mol. The topological polar surface area (TPSA) is 12.0 Å². The third-order valence-electron chi connectivity index (χ3n) is 3.61. The van der Waals surface area contributed by atoms with Crippen molar-refractivity contribution in [3.8, 4) is 0 Å². The van der Waals surface area contributed by atoms with E-state index in [1.165, 1.54) is 50.5 Å². The van der Waals surface area contributed by atoms with Crippen LogP contribution < -0.4 is 5.32 Å². The lowest BCUT2D eigenvalue weighted by Crippen LogP contribution is -2.30. The van der Waals surface area contributed by atoms with Crippen molar-refractivity contribution in [2.75, 3.05) is 6.54 Å². The first-order valence-electron chi connectivity index (χ1n) is 6.62. The van der Waals surface area contributed by atoms with Gasteiger partial charge in [-0.25, -0.2) is 0 Å². The van der Waals surface area contributed by atoms with Gasteiger partial charge in [0.1, 0.15) is 0 Å². The van der Waals surface area contributed by atoms with E-state index in [1.807, 2.05) is 11.3 Å². The first kappa shape index (κ1) is 12.1. The van der Waals surface area contributed by atoms with Crippen LogP contribution in [0.2, 0.25) is 0 Å². The van der Waals surface area contributed by atoms with Gasteiger partial charge in [0.25, 0.3) is 0 Å². The highest BCUT2D eigenvalue weighted by Gasteiger charge is 2.11. The number of hydrogen-bond acceptors (Lipinski definition) is 2. The molecule has 0 amide bonds. The zero-order chi connectivity index (χ0) is 11.2. The molecule has 1 aromatic heterocycles. The van der Waals surface area contributed by atoms with E-state index >= 15 is 0 Å². The van der Waals surface area contributed by atoms with Crippen molar-refractivity contribution in [3.05, 3.63) is 21.9 Å². The minimum atomic E-state index is 0.794. The Labute approximate surface area is 103 Å². The maximum atomic E-state index is 3.73. The molecule has 1 aromatic rings. The quantitative estimate of drug-likeness (QED) is 0.783. The fourth-order valence-corrected chi connectivity index (χ4v) is 3.44. The first-order chi connectivity index (χ1) is 7.86. The minimum absolute atomic E-state index is 0.794. The van der Waals surface area contributed by atoms with Crippen molar-refractivity contribution in [3.63, 3.8) is 0 Å². The molecule has 0 atom stereocenters. The molecular weight excluding hydrogens is 214 g/mol. The van der Waals surface area contributed by atoms with Gasteiger partial charge in [-0.1, -0.05) is 25.7 Å². The van der Waals surface area contributed by atoms with Gasteiger partial charge in [-0.15, -0.1) is 11.3 Å². The molecule has 0 saturated heterocycles. The van der Waals surface area contributed by atoms with Gasteiger partial charge < -0.3 is 5.32 Å². The lowest BCUT2D eigenvalue weighted by Gasteiger charge is -2.15. The third-order valence-corrected chi connectivity index (χ3v) is 4.69. The van der Waals surface area contributed by atoms with Gasteiger partial charge in [0.2, 0.25) is 0 Å². The van der Waals surface area contributed by atoms with Crippen LogP contribution in [0.1, 0.15) is 49.0 Å². The molecule has 1 aliphatic rings. The number of aryl methyl sites for hydroxylation is 1. The Morgan fingerprint density at radius 3 is 2.62 bits per heavy atom. The first-order valence-corrected chi connectivity index (χ1v) is 7.50. The third kappa shape index (κ3) is 3.60. The second kappa shape index (κ2) is 6.41. The van der Waals surface area contributed by atoms with Crippen molar-refractivity contribution in [2.45, 2.75) is 57.9 Å². The summed E-state index contributed by atoms with van der Waals surface area (Å²) in [6.07, 6.45) is 9.74. The zero-order valence-corrected chi connectivity index (χ0v) is 11.1. The Morgan fingerprint density at radius 2 is 2.00 bits per heavy atom. The van der Waals surface area contributed by atoms with Crippen LogP contribution in [0, 0.1) is 6.92 Å². The van der Waals surface area contributed by atoms with Crippen LogP contribution in [0.25, 0.3) is 0 Å². The molecule has 2 rings (SSSR count). The van der Waals surface area contributed by atoms with Crippen molar-refractivity contribution in [2.24, 2.45) is 0 Å². The van der Waals surface area contributed by atoms with Crippen LogP contribution in [0.5, 0.6) is 0 Å². The molecule has 0 unspecified atom stereocenters. The van der Waals surface area contributed by atoms with Crippen LogP contribution in [-0.4, -0.2) is 12.6 Å². The highest BCUT2D eigenvalue weighted by Crippen LogP contribution is 2.18. The number of nitrogens with one attached hydrogen (secondary N) is 1. The molecule has 16 heavy (non-hydrogen) atoms. The Hall–Kier alpha value is -0.340. The second-order valence-corrected chi connectivity index (χ2v) is 5.92. The van der Waals surface area contributed by atoms with Gasteiger partial charge >= 0.3 is 0 Å². The average molecular weight is 237 g/mol. The van der Waals surface area contributed by atoms with E-state index in [4.69, 9.17) is 0 Å². The van der Waals surface area contributed by atoms with E-state index in [0.29, 0.717) is 0 Å². The molecule has 0 bridgehead atoms. The van der Waals surface area contributed by atoms with Gasteiger partial charge in [-0.2, -0.15) is 0 Å². The molecule has 1 N–H and O–H groups in total. The van der Waals surface area contributed by atoms with Crippen LogP contribution in [0.15, 0.2) is 11.4 Å². The van der Waals surface area contributed by atoms with Crippen molar-refractivity contribution in [1.82, 2.24) is 5.32 Å². The predicted octanol–water partition coefficient (Wildman–Crippen LogP) is 3.91. The Balaban J connectivity index is 1.69. The minimum Gasteiger partial charge on any atom is -0.314 e. The highest BCUT2D eigenvalue weighted by atomic mass is 32.1. The summed E-state index contributed by atoms with van der Waals surface area (Å²) in [4.78, 5) is 1.56. The summed E-state index contributed by atoms with van der Waals surface area (Å²) in [5, 5.41) is 5.94. The molecule has 1 fully saturated rings. The normalized spacial score (nSPS) is 18.6. The fourth-order valence-electron chi connectivity index (χ4n) is 2.53. The molecule has 0 spiro atoms. The van der Waals surface area contributed by atoms with Crippen molar-refractivity contribution >= 4 is 11.3 Å². The summed E-state index contributed by atoms with van der Waals surface area (Å²) in [6, 6.07) is 3.02. The van der Waals surface area contributed by atoms with E-state index < -0.39 is 0 Å². The van der Waals surface area contributed by atoms with E-state index in [2.05, 4.69) is 23.7 Å². The standard InChI is InChI=1S/C14H23NS/c1-12-9-11-16-14(12)8-10-15-13-6-4-2-3-5-7-13/h9,11,13,15H,2-8,10H2,1H3. The maximum absolute atomic E-state index is 3.73. The SMILES string of the molecule is Cc1ccsc1CCNC1CCCCCC1. The van der Waals surface area contributed by atoms with Gasteiger partial charge in [0.15, 0.2) is 0 Å². The van der Waals surface area contributed by atoms with Crippen LogP contribution in [0.3, 0.4) is 0 Å². The smallest absolute Gasteiger partial charge is 0.00870 e. The Kier molecular flexibility index (Phi) is 4.86. The highest BCUT2D eigenvalue weighted by molar-refractivity contribution is 7.10. The zero-order valence-electron chi connectivity index (χ0n) is 10.3. The summed E-state index contributed by atoms with van der Waals surface area (Å²) in [5.74, 6) is 0. The van der Waals surface area contributed by atoms with Gasteiger partial charge in [-0.05, 0) is 43.2 Å². The van der Waals surface area contributed by atoms with E-state index in [-0.39, 0.29) is 0 Å². The lowest BCUT2D eigenvalue weighted by molar-refractivity contribution is 0.463. The van der Waals surface area contributed by atoms with Crippen molar-refractivity contribution in [1.29, 1.82) is 0 Å². The largest absolute Gasteiger partial charge is 0.314 e. The molecule has 0 aromatic carbocycles. The molecule has 90 valence electrons. The van der Waals surface area contributed by atoms with E-state index in [0.717, 1.165) is 12.6 Å². The number of hydrogen-bond donors (Lipinski definition) is 1. The van der Waals surface area contributed by atoms with Gasteiger partial charge in [0.05, 0.1) is 0 Å². The summed E-state index contributed by atoms with van der Waals surface area (Å²) >= 11 is 1.90. The van der Waals surface area contributed by atoms with Crippen LogP contribution in [-0.2, 0) is 6.42 Å². The fraction of sp³-hybridized carbons (Fsp3) is 0.714. The molecule has 0 aliphatic heterocycles. The van der Waals surface area contributed by atoms with Gasteiger partial charge in [0, 0.05) is 17.5 Å². The number of rotatable bonds is 4.